The van der Waals surface area contributed by atoms with Crippen molar-refractivity contribution in [2.45, 2.75) is 39.0 Å². The van der Waals surface area contributed by atoms with Crippen molar-refractivity contribution in [1.29, 1.82) is 0 Å². The van der Waals surface area contributed by atoms with Crippen molar-refractivity contribution in [2.24, 2.45) is 0 Å². The van der Waals surface area contributed by atoms with Gasteiger partial charge in [0.15, 0.2) is 5.82 Å². The molecule has 7 nitrogen and oxygen atoms in total. The molecule has 128 valence electrons. The van der Waals surface area contributed by atoms with E-state index in [0.29, 0.717) is 28.2 Å². The van der Waals surface area contributed by atoms with E-state index in [0.717, 1.165) is 0 Å². The first-order valence-electron chi connectivity index (χ1n) is 7.44. The normalized spacial score (nSPS) is 11.2. The number of aromatic nitrogens is 2. The van der Waals surface area contributed by atoms with Crippen LogP contribution in [0.1, 0.15) is 49.3 Å². The van der Waals surface area contributed by atoms with Crippen molar-refractivity contribution >= 4 is 27.7 Å². The van der Waals surface area contributed by atoms with E-state index in [1.807, 2.05) is 20.8 Å². The quantitative estimate of drug-likeness (QED) is 0.776. The number of carbonyl (C=O) groups excluding carboxylic acids is 2. The predicted octanol–water partition coefficient (Wildman–Crippen LogP) is 2.52. The summed E-state index contributed by atoms with van der Waals surface area (Å²) in [6.45, 7) is 5.93. The molecule has 0 saturated heterocycles. The number of nitrogens with zero attached hydrogens (tertiary/aromatic N) is 2. The summed E-state index contributed by atoms with van der Waals surface area (Å²) in [7, 11) is 0. The molecule has 0 atom stereocenters. The molecule has 0 bridgehead atoms. The fraction of sp³-hybridized carbons (Fsp3) is 0.375. The Kier molecular flexibility index (Phi) is 5.71. The summed E-state index contributed by atoms with van der Waals surface area (Å²) < 4.78 is 5.77. The van der Waals surface area contributed by atoms with Gasteiger partial charge in [0.25, 0.3) is 5.91 Å². The largest absolute Gasteiger partial charge is 0.339 e. The number of halogens is 1. The second-order valence-corrected chi connectivity index (χ2v) is 7.10. The van der Waals surface area contributed by atoms with Crippen molar-refractivity contribution in [3.8, 4) is 0 Å². The van der Waals surface area contributed by atoms with Crippen molar-refractivity contribution in [2.75, 3.05) is 0 Å². The standard InChI is InChI=1S/C16H19BrN4O3/c1-16(2,3)15-18-13(24-21-15)9-8-12(22)19-20-14(23)10-6-4-5-7-11(10)17/h4-7H,8-9H2,1-3H3,(H,19,22)(H,20,23). The molecule has 0 spiro atoms. The van der Waals surface area contributed by atoms with Crippen molar-refractivity contribution < 1.29 is 14.1 Å². The van der Waals surface area contributed by atoms with Gasteiger partial charge < -0.3 is 4.52 Å². The predicted molar refractivity (Wildman–Crippen MR) is 91.1 cm³/mol. The smallest absolute Gasteiger partial charge is 0.270 e. The highest BCUT2D eigenvalue weighted by molar-refractivity contribution is 9.10. The van der Waals surface area contributed by atoms with E-state index in [1.54, 1.807) is 24.3 Å². The minimum Gasteiger partial charge on any atom is -0.339 e. The topological polar surface area (TPSA) is 97.1 Å². The zero-order valence-corrected chi connectivity index (χ0v) is 15.3. The van der Waals surface area contributed by atoms with E-state index in [2.05, 4.69) is 36.9 Å². The van der Waals surface area contributed by atoms with Gasteiger partial charge >= 0.3 is 0 Å². The second kappa shape index (κ2) is 7.57. The Hall–Kier alpha value is -2.22. The number of hydrazine groups is 1. The van der Waals surface area contributed by atoms with Crippen LogP contribution in [-0.2, 0) is 16.6 Å². The van der Waals surface area contributed by atoms with Crippen LogP contribution < -0.4 is 10.9 Å². The number of nitrogens with one attached hydrogen (secondary N) is 2. The van der Waals surface area contributed by atoms with Crippen molar-refractivity contribution in [3.63, 3.8) is 0 Å². The van der Waals surface area contributed by atoms with E-state index in [-0.39, 0.29) is 17.7 Å². The SMILES string of the molecule is CC(C)(C)c1noc(CCC(=O)NNC(=O)c2ccccc2Br)n1. The fourth-order valence-corrected chi connectivity index (χ4v) is 2.25. The van der Waals surface area contributed by atoms with Crippen LogP contribution in [0.5, 0.6) is 0 Å². The van der Waals surface area contributed by atoms with E-state index < -0.39 is 5.91 Å². The molecule has 0 fully saturated rings. The minimum absolute atomic E-state index is 0.127. The zero-order valence-electron chi connectivity index (χ0n) is 13.7. The lowest BCUT2D eigenvalue weighted by atomic mass is 9.96. The molecule has 24 heavy (non-hydrogen) atoms. The fourth-order valence-electron chi connectivity index (χ4n) is 1.78. The highest BCUT2D eigenvalue weighted by Crippen LogP contribution is 2.18. The van der Waals surface area contributed by atoms with E-state index >= 15 is 0 Å². The molecule has 2 rings (SSSR count). The van der Waals surface area contributed by atoms with Crippen molar-refractivity contribution in [3.05, 3.63) is 46.0 Å². The van der Waals surface area contributed by atoms with Crippen LogP contribution in [0.25, 0.3) is 0 Å². The Morgan fingerprint density at radius 3 is 2.54 bits per heavy atom. The number of aryl methyl sites for hydroxylation is 1. The molecular weight excluding hydrogens is 376 g/mol. The monoisotopic (exact) mass is 394 g/mol. The van der Waals surface area contributed by atoms with Crippen LogP contribution in [0.15, 0.2) is 33.3 Å². The second-order valence-electron chi connectivity index (χ2n) is 6.24. The van der Waals surface area contributed by atoms with E-state index in [9.17, 15) is 9.59 Å². The van der Waals surface area contributed by atoms with Gasteiger partial charge in [-0.2, -0.15) is 4.98 Å². The van der Waals surface area contributed by atoms with Gasteiger partial charge in [0, 0.05) is 22.7 Å². The lowest BCUT2D eigenvalue weighted by molar-refractivity contribution is -0.121. The highest BCUT2D eigenvalue weighted by atomic mass is 79.9. The summed E-state index contributed by atoms with van der Waals surface area (Å²) in [5, 5.41) is 3.90. The molecule has 0 aliphatic heterocycles. The zero-order chi connectivity index (χ0) is 17.7. The van der Waals surface area contributed by atoms with Gasteiger partial charge in [-0.25, -0.2) is 0 Å². The van der Waals surface area contributed by atoms with E-state index in [4.69, 9.17) is 4.52 Å². The van der Waals surface area contributed by atoms with Crippen LogP contribution in [-0.4, -0.2) is 22.0 Å². The first-order chi connectivity index (χ1) is 11.3. The molecule has 0 aliphatic rings. The van der Waals surface area contributed by atoms with Crippen LogP contribution in [0.4, 0.5) is 0 Å². The molecule has 2 amide bonds. The number of benzene rings is 1. The number of hydrogen-bond acceptors (Lipinski definition) is 5. The maximum atomic E-state index is 12.0. The number of rotatable bonds is 4. The number of hydrogen-bond donors (Lipinski definition) is 2. The highest BCUT2D eigenvalue weighted by Gasteiger charge is 2.21. The average molecular weight is 395 g/mol. The third kappa shape index (κ3) is 4.89. The van der Waals surface area contributed by atoms with E-state index in [1.165, 1.54) is 0 Å². The molecule has 0 saturated carbocycles. The van der Waals surface area contributed by atoms with Crippen LogP contribution in [0, 0.1) is 0 Å². The summed E-state index contributed by atoms with van der Waals surface area (Å²) in [4.78, 5) is 28.0. The Bertz CT molecular complexity index is 737. The minimum atomic E-state index is -0.399. The first-order valence-corrected chi connectivity index (χ1v) is 8.23. The molecule has 0 unspecified atom stereocenters. The molecule has 1 aromatic heterocycles. The Morgan fingerprint density at radius 1 is 1.21 bits per heavy atom. The molecule has 8 heteroatoms. The molecule has 0 aliphatic carbocycles. The Morgan fingerprint density at radius 2 is 1.92 bits per heavy atom. The maximum absolute atomic E-state index is 12.0. The molecule has 0 radical (unpaired) electrons. The van der Waals surface area contributed by atoms with Crippen LogP contribution >= 0.6 is 15.9 Å². The van der Waals surface area contributed by atoms with Gasteiger partial charge in [0.05, 0.1) is 5.56 Å². The van der Waals surface area contributed by atoms with Crippen LogP contribution in [0.3, 0.4) is 0 Å². The summed E-state index contributed by atoms with van der Waals surface area (Å²) in [5.41, 5.74) is 4.96. The van der Waals surface area contributed by atoms with Gasteiger partial charge in [-0.1, -0.05) is 38.1 Å². The Labute approximate surface area is 148 Å². The van der Waals surface area contributed by atoms with Crippen LogP contribution in [0.2, 0.25) is 0 Å². The number of amides is 2. The Balaban J connectivity index is 1.81. The molecule has 2 aromatic rings. The lowest BCUT2D eigenvalue weighted by Crippen LogP contribution is -2.41. The summed E-state index contributed by atoms with van der Waals surface area (Å²) in [6.07, 6.45) is 0.432. The summed E-state index contributed by atoms with van der Waals surface area (Å²) >= 11 is 3.28. The third-order valence-corrected chi connectivity index (χ3v) is 3.83. The average Bonchev–Trinajstić information content (AvgIpc) is 3.00. The van der Waals surface area contributed by atoms with Gasteiger partial charge in [0.1, 0.15) is 0 Å². The molecule has 2 N–H and O–H groups in total. The van der Waals surface area contributed by atoms with Gasteiger partial charge in [-0.3, -0.25) is 20.4 Å². The van der Waals surface area contributed by atoms with Gasteiger partial charge in [0.2, 0.25) is 11.8 Å². The summed E-state index contributed by atoms with van der Waals surface area (Å²) in [5.74, 6) is 0.252. The molecule has 1 aromatic carbocycles. The number of carbonyl (C=O) groups is 2. The van der Waals surface area contributed by atoms with Crippen molar-refractivity contribution in [1.82, 2.24) is 21.0 Å². The van der Waals surface area contributed by atoms with Gasteiger partial charge in [-0.05, 0) is 28.1 Å². The van der Waals surface area contributed by atoms with Gasteiger partial charge in [-0.15, -0.1) is 0 Å². The third-order valence-electron chi connectivity index (χ3n) is 3.14. The maximum Gasteiger partial charge on any atom is 0.270 e. The first kappa shape index (κ1) is 18.1. The summed E-state index contributed by atoms with van der Waals surface area (Å²) in [6, 6.07) is 6.94. The lowest BCUT2D eigenvalue weighted by Gasteiger charge is -2.10. The molecule has 1 heterocycles. The molecular formula is C16H19BrN4O3.